The van der Waals surface area contributed by atoms with Crippen LogP contribution in [-0.4, -0.2) is 18.2 Å². The largest absolute Gasteiger partial charge is 0.355 e. The highest BCUT2D eigenvalue weighted by molar-refractivity contribution is 6.10. The van der Waals surface area contributed by atoms with Crippen molar-refractivity contribution in [2.45, 2.75) is 33.9 Å². The van der Waals surface area contributed by atoms with Gasteiger partial charge in [0.15, 0.2) is 0 Å². The van der Waals surface area contributed by atoms with Crippen LogP contribution in [-0.2, 0) is 0 Å². The highest BCUT2D eigenvalue weighted by Gasteiger charge is 2.17. The lowest BCUT2D eigenvalue weighted by Gasteiger charge is -2.28. The molecule has 0 saturated carbocycles. The summed E-state index contributed by atoms with van der Waals surface area (Å²) < 4.78 is 0. The number of benzene rings is 2. The van der Waals surface area contributed by atoms with Gasteiger partial charge in [-0.25, -0.2) is 0 Å². The smallest absolute Gasteiger partial charge is 0.146 e. The molecule has 0 fully saturated rings. The minimum atomic E-state index is 0.0693. The van der Waals surface area contributed by atoms with Crippen molar-refractivity contribution in [3.05, 3.63) is 77.0 Å². The molecule has 2 aromatic rings. The predicted molar refractivity (Wildman–Crippen MR) is 101 cm³/mol. The Labute approximate surface area is 140 Å². The quantitative estimate of drug-likeness (QED) is 0.726. The van der Waals surface area contributed by atoms with E-state index in [-0.39, 0.29) is 6.17 Å². The van der Waals surface area contributed by atoms with Gasteiger partial charge in [0.25, 0.3) is 0 Å². The molecule has 1 heterocycles. The summed E-state index contributed by atoms with van der Waals surface area (Å²) >= 11 is 0. The Bertz CT molecular complexity index is 679. The molecule has 1 aliphatic heterocycles. The summed E-state index contributed by atoms with van der Waals surface area (Å²) in [4.78, 5) is 6.89. The van der Waals surface area contributed by atoms with Crippen LogP contribution < -0.4 is 0 Å². The van der Waals surface area contributed by atoms with E-state index < -0.39 is 0 Å². The molecule has 23 heavy (non-hydrogen) atoms. The average molecular weight is 306 g/mol. The van der Waals surface area contributed by atoms with E-state index in [4.69, 9.17) is 4.99 Å². The summed E-state index contributed by atoms with van der Waals surface area (Å²) in [7, 11) is 2.08. The lowest BCUT2D eigenvalue weighted by Crippen LogP contribution is -2.21. The van der Waals surface area contributed by atoms with Crippen molar-refractivity contribution in [2.75, 3.05) is 7.05 Å². The van der Waals surface area contributed by atoms with E-state index in [1.807, 2.05) is 20.1 Å². The lowest BCUT2D eigenvalue weighted by molar-refractivity contribution is 0.347. The SMILES string of the molecule is CC.Cc1ccc(C2=CN(C)C(c3ccc(C)cc3)N=C2)cc1. The molecule has 0 aromatic heterocycles. The van der Waals surface area contributed by atoms with Crippen molar-refractivity contribution >= 4 is 11.8 Å². The molecular weight excluding hydrogens is 280 g/mol. The first-order valence-corrected chi connectivity index (χ1v) is 8.24. The number of nitrogens with zero attached hydrogens (tertiary/aromatic N) is 2. The average Bonchev–Trinajstić information content (AvgIpc) is 2.58. The number of allylic oxidation sites excluding steroid dienone is 1. The van der Waals surface area contributed by atoms with E-state index >= 15 is 0 Å². The molecule has 2 aromatic carbocycles. The third-order valence-corrected chi connectivity index (χ3v) is 3.84. The second-order valence-corrected chi connectivity index (χ2v) is 5.68. The van der Waals surface area contributed by atoms with Crippen molar-refractivity contribution < 1.29 is 0 Å². The molecule has 1 aliphatic rings. The number of hydrogen-bond acceptors (Lipinski definition) is 2. The van der Waals surface area contributed by atoms with Crippen LogP contribution in [0.15, 0.2) is 59.7 Å². The van der Waals surface area contributed by atoms with Gasteiger partial charge in [0.05, 0.1) is 0 Å². The maximum Gasteiger partial charge on any atom is 0.146 e. The van der Waals surface area contributed by atoms with Gasteiger partial charge in [-0.2, -0.15) is 0 Å². The van der Waals surface area contributed by atoms with Gasteiger partial charge >= 0.3 is 0 Å². The van der Waals surface area contributed by atoms with Crippen molar-refractivity contribution in [1.29, 1.82) is 0 Å². The van der Waals surface area contributed by atoms with Crippen LogP contribution in [0.4, 0.5) is 0 Å². The fourth-order valence-electron chi connectivity index (χ4n) is 2.53. The maximum atomic E-state index is 4.72. The van der Waals surface area contributed by atoms with Crippen LogP contribution in [0.25, 0.3) is 5.57 Å². The monoisotopic (exact) mass is 306 g/mol. The molecular formula is C21H26N2. The van der Waals surface area contributed by atoms with E-state index in [9.17, 15) is 0 Å². The second-order valence-electron chi connectivity index (χ2n) is 5.68. The Hall–Kier alpha value is -2.35. The van der Waals surface area contributed by atoms with Crippen LogP contribution in [0.1, 0.15) is 42.3 Å². The van der Waals surface area contributed by atoms with Crippen molar-refractivity contribution in [1.82, 2.24) is 4.90 Å². The zero-order valence-electron chi connectivity index (χ0n) is 14.7. The minimum Gasteiger partial charge on any atom is -0.355 e. The third-order valence-electron chi connectivity index (χ3n) is 3.84. The molecule has 2 heteroatoms. The summed E-state index contributed by atoms with van der Waals surface area (Å²) in [5.41, 5.74) is 6.13. The van der Waals surface area contributed by atoms with Crippen LogP contribution in [0, 0.1) is 13.8 Å². The van der Waals surface area contributed by atoms with Crippen molar-refractivity contribution in [3.63, 3.8) is 0 Å². The number of aryl methyl sites for hydroxylation is 2. The molecule has 0 amide bonds. The van der Waals surface area contributed by atoms with Crippen molar-refractivity contribution in [2.24, 2.45) is 4.99 Å². The Kier molecular flexibility index (Phi) is 5.75. The van der Waals surface area contributed by atoms with Crippen molar-refractivity contribution in [3.8, 4) is 0 Å². The highest BCUT2D eigenvalue weighted by atomic mass is 15.2. The number of aliphatic imine (C=N–C) groups is 1. The fraction of sp³-hybridized carbons (Fsp3) is 0.286. The first-order chi connectivity index (χ1) is 11.1. The zero-order chi connectivity index (χ0) is 16.8. The van der Waals surface area contributed by atoms with Gasteiger partial charge in [0.1, 0.15) is 6.17 Å². The van der Waals surface area contributed by atoms with Gasteiger partial charge in [-0.1, -0.05) is 73.5 Å². The molecule has 0 saturated heterocycles. The summed E-state index contributed by atoms with van der Waals surface area (Å²) in [5.74, 6) is 0. The first kappa shape index (κ1) is 17.0. The van der Waals surface area contributed by atoms with Crippen LogP contribution in [0.3, 0.4) is 0 Å². The van der Waals surface area contributed by atoms with Gasteiger partial charge in [-0.15, -0.1) is 0 Å². The molecule has 0 N–H and O–H groups in total. The molecule has 1 unspecified atom stereocenters. The molecule has 0 aliphatic carbocycles. The molecule has 120 valence electrons. The summed E-state index contributed by atoms with van der Waals surface area (Å²) in [6.07, 6.45) is 4.22. The first-order valence-electron chi connectivity index (χ1n) is 8.24. The third kappa shape index (κ3) is 4.10. The Morgan fingerprint density at radius 2 is 1.35 bits per heavy atom. The molecule has 1 atom stereocenters. The van der Waals surface area contributed by atoms with Crippen LogP contribution in [0.2, 0.25) is 0 Å². The Balaban J connectivity index is 0.000000924. The van der Waals surface area contributed by atoms with Gasteiger partial charge in [-0.3, -0.25) is 4.99 Å². The predicted octanol–water partition coefficient (Wildman–Crippen LogP) is 5.39. The molecule has 0 radical (unpaired) electrons. The standard InChI is InChI=1S/C19H20N2.C2H6/c1-14-4-8-16(9-5-14)18-12-20-19(21(3)13-18)17-10-6-15(2)7-11-17;1-2/h4-13,19H,1-3H3;1-2H3. The normalized spacial score (nSPS) is 16.5. The lowest BCUT2D eigenvalue weighted by atomic mass is 10.0. The Morgan fingerprint density at radius 3 is 1.87 bits per heavy atom. The topological polar surface area (TPSA) is 15.6 Å². The van der Waals surface area contributed by atoms with Gasteiger partial charge in [0.2, 0.25) is 0 Å². The summed E-state index contributed by atoms with van der Waals surface area (Å²) in [6.45, 7) is 8.21. The van der Waals surface area contributed by atoms with E-state index in [0.29, 0.717) is 0 Å². The van der Waals surface area contributed by atoms with Gasteiger partial charge in [0, 0.05) is 25.0 Å². The Morgan fingerprint density at radius 1 is 0.826 bits per heavy atom. The second kappa shape index (κ2) is 7.77. The van der Waals surface area contributed by atoms with E-state index in [1.165, 1.54) is 22.3 Å². The van der Waals surface area contributed by atoms with E-state index in [1.54, 1.807) is 0 Å². The molecule has 2 nitrogen and oxygen atoms in total. The van der Waals surface area contributed by atoms with Gasteiger partial charge < -0.3 is 4.90 Å². The molecule has 0 bridgehead atoms. The molecule has 0 spiro atoms. The maximum absolute atomic E-state index is 4.72. The summed E-state index contributed by atoms with van der Waals surface area (Å²) in [6, 6.07) is 17.1. The van der Waals surface area contributed by atoms with E-state index in [2.05, 4.69) is 80.5 Å². The van der Waals surface area contributed by atoms with Crippen LogP contribution in [0.5, 0.6) is 0 Å². The van der Waals surface area contributed by atoms with Gasteiger partial charge in [-0.05, 0) is 25.0 Å². The minimum absolute atomic E-state index is 0.0693. The van der Waals surface area contributed by atoms with Crippen LogP contribution >= 0.6 is 0 Å². The summed E-state index contributed by atoms with van der Waals surface area (Å²) in [5, 5.41) is 0. The fourth-order valence-corrected chi connectivity index (χ4v) is 2.53. The number of rotatable bonds is 2. The van der Waals surface area contributed by atoms with E-state index in [0.717, 1.165) is 5.57 Å². The highest BCUT2D eigenvalue weighted by Crippen LogP contribution is 2.27. The zero-order valence-corrected chi connectivity index (χ0v) is 14.7. The number of hydrogen-bond donors (Lipinski definition) is 0. The molecule has 3 rings (SSSR count).